The molecule has 0 aliphatic carbocycles. The van der Waals surface area contributed by atoms with E-state index in [-0.39, 0.29) is 11.8 Å². The predicted octanol–water partition coefficient (Wildman–Crippen LogP) is 3.52. The summed E-state index contributed by atoms with van der Waals surface area (Å²) in [6.07, 6.45) is 6.07. The van der Waals surface area contributed by atoms with Crippen LogP contribution in [0, 0.1) is 13.8 Å². The molecule has 6 heteroatoms. The number of furan rings is 1. The average molecular weight is 392 g/mol. The number of nitrogens with one attached hydrogen (secondary N) is 1. The number of hydrogen-bond acceptors (Lipinski definition) is 4. The number of piperidine rings is 1. The molecular weight excluding hydrogens is 354 g/mol. The Morgan fingerprint density at radius 2 is 2.07 bits per heavy atom. The normalized spacial score (nSPS) is 17.5. The van der Waals surface area contributed by atoms with Crippen LogP contribution in [0.3, 0.4) is 0 Å². The van der Waals surface area contributed by atoms with E-state index in [9.17, 15) is 9.59 Å². The monoisotopic (exact) mass is 391 g/mol. The molecule has 2 heterocycles. The number of rotatable bonds is 10. The third-order valence-electron chi connectivity index (χ3n) is 5.55. The van der Waals surface area contributed by atoms with Crippen molar-refractivity contribution in [1.82, 2.24) is 15.1 Å². The summed E-state index contributed by atoms with van der Waals surface area (Å²) in [4.78, 5) is 29.3. The van der Waals surface area contributed by atoms with Crippen molar-refractivity contribution in [1.29, 1.82) is 0 Å². The fraction of sp³-hybridized carbons (Fsp3) is 0.727. The van der Waals surface area contributed by atoms with Gasteiger partial charge in [-0.1, -0.05) is 13.3 Å². The molecule has 1 aromatic heterocycles. The Balaban J connectivity index is 1.72. The molecule has 1 fully saturated rings. The lowest BCUT2D eigenvalue weighted by Gasteiger charge is -2.33. The maximum absolute atomic E-state index is 12.8. The van der Waals surface area contributed by atoms with Gasteiger partial charge in [0.15, 0.2) is 0 Å². The Morgan fingerprint density at radius 3 is 2.71 bits per heavy atom. The van der Waals surface area contributed by atoms with Gasteiger partial charge in [-0.05, 0) is 59.1 Å². The SMILES string of the molecule is CCCN(CCC(=O)NCCCN1CCCCC1C)C(=O)c1cc(C)oc1C. The lowest BCUT2D eigenvalue weighted by atomic mass is 10.0. The quantitative estimate of drug-likeness (QED) is 0.620. The van der Waals surface area contributed by atoms with Crippen LogP contribution in [-0.4, -0.2) is 60.4 Å². The van der Waals surface area contributed by atoms with E-state index in [2.05, 4.69) is 17.1 Å². The van der Waals surface area contributed by atoms with E-state index in [0.717, 1.165) is 25.1 Å². The second-order valence-corrected chi connectivity index (χ2v) is 7.95. The maximum atomic E-state index is 12.8. The zero-order valence-electron chi connectivity index (χ0n) is 18.1. The Hall–Kier alpha value is -1.82. The Labute approximate surface area is 169 Å². The van der Waals surface area contributed by atoms with E-state index in [1.807, 2.05) is 13.8 Å². The summed E-state index contributed by atoms with van der Waals surface area (Å²) in [5.41, 5.74) is 0.599. The molecule has 1 aromatic rings. The first-order chi connectivity index (χ1) is 13.4. The highest BCUT2D eigenvalue weighted by Crippen LogP contribution is 2.17. The summed E-state index contributed by atoms with van der Waals surface area (Å²) in [6.45, 7) is 12.0. The van der Waals surface area contributed by atoms with Crippen molar-refractivity contribution in [3.05, 3.63) is 23.2 Å². The number of likely N-dealkylation sites (tertiary alicyclic amines) is 1. The number of carbonyl (C=O) groups excluding carboxylic acids is 2. The van der Waals surface area contributed by atoms with Crippen LogP contribution in [0.15, 0.2) is 10.5 Å². The predicted molar refractivity (Wildman–Crippen MR) is 112 cm³/mol. The van der Waals surface area contributed by atoms with Crippen molar-refractivity contribution >= 4 is 11.8 Å². The largest absolute Gasteiger partial charge is 0.466 e. The van der Waals surface area contributed by atoms with Crippen LogP contribution in [0.2, 0.25) is 0 Å². The van der Waals surface area contributed by atoms with Crippen molar-refractivity contribution in [2.45, 2.75) is 72.3 Å². The summed E-state index contributed by atoms with van der Waals surface area (Å²) < 4.78 is 5.48. The zero-order chi connectivity index (χ0) is 20.5. The fourth-order valence-electron chi connectivity index (χ4n) is 3.92. The molecular formula is C22H37N3O3. The van der Waals surface area contributed by atoms with Gasteiger partial charge in [-0.2, -0.15) is 0 Å². The standard InChI is InChI=1S/C22H37N3O3/c1-5-12-25(22(27)20-16-18(3)28-19(20)4)15-10-21(26)23-11-8-14-24-13-7-6-9-17(24)2/h16-17H,5-15H2,1-4H3,(H,23,26). The van der Waals surface area contributed by atoms with Gasteiger partial charge in [-0.25, -0.2) is 0 Å². The maximum Gasteiger partial charge on any atom is 0.257 e. The zero-order valence-corrected chi connectivity index (χ0v) is 18.1. The first-order valence-corrected chi connectivity index (χ1v) is 10.8. The molecule has 1 unspecified atom stereocenters. The van der Waals surface area contributed by atoms with Gasteiger partial charge in [0.1, 0.15) is 11.5 Å². The third kappa shape index (κ3) is 6.66. The number of hydrogen-bond donors (Lipinski definition) is 1. The van der Waals surface area contributed by atoms with E-state index in [0.29, 0.717) is 43.4 Å². The van der Waals surface area contributed by atoms with Gasteiger partial charge >= 0.3 is 0 Å². The summed E-state index contributed by atoms with van der Waals surface area (Å²) in [6, 6.07) is 2.44. The summed E-state index contributed by atoms with van der Waals surface area (Å²) >= 11 is 0. The van der Waals surface area contributed by atoms with Gasteiger partial charge in [0.05, 0.1) is 5.56 Å². The van der Waals surface area contributed by atoms with E-state index in [4.69, 9.17) is 4.42 Å². The van der Waals surface area contributed by atoms with Crippen LogP contribution < -0.4 is 5.32 Å². The molecule has 0 aromatic carbocycles. The molecule has 1 aliphatic heterocycles. The lowest BCUT2D eigenvalue weighted by molar-refractivity contribution is -0.121. The molecule has 1 saturated heterocycles. The summed E-state index contributed by atoms with van der Waals surface area (Å²) in [5.74, 6) is 1.34. The molecule has 0 saturated carbocycles. The van der Waals surface area contributed by atoms with Crippen LogP contribution in [0.25, 0.3) is 0 Å². The molecule has 1 aliphatic rings. The Kier molecular flexibility index (Phi) is 9.03. The van der Waals surface area contributed by atoms with Gasteiger partial charge in [-0.15, -0.1) is 0 Å². The van der Waals surface area contributed by atoms with E-state index >= 15 is 0 Å². The second kappa shape index (κ2) is 11.2. The first-order valence-electron chi connectivity index (χ1n) is 10.8. The highest BCUT2D eigenvalue weighted by Gasteiger charge is 2.21. The molecule has 2 rings (SSSR count). The van der Waals surface area contributed by atoms with E-state index < -0.39 is 0 Å². The van der Waals surface area contributed by atoms with Crippen LogP contribution in [-0.2, 0) is 4.79 Å². The van der Waals surface area contributed by atoms with Crippen LogP contribution in [0.4, 0.5) is 0 Å². The number of nitrogens with zero attached hydrogens (tertiary/aromatic N) is 2. The van der Waals surface area contributed by atoms with Gasteiger partial charge in [0.25, 0.3) is 5.91 Å². The minimum Gasteiger partial charge on any atom is -0.466 e. The van der Waals surface area contributed by atoms with Crippen LogP contribution >= 0.6 is 0 Å². The van der Waals surface area contributed by atoms with Gasteiger partial charge in [0.2, 0.25) is 5.91 Å². The molecule has 0 spiro atoms. The van der Waals surface area contributed by atoms with Crippen LogP contribution in [0.1, 0.15) is 74.3 Å². The Bertz CT molecular complexity index is 641. The van der Waals surface area contributed by atoms with Crippen molar-refractivity contribution in [3.63, 3.8) is 0 Å². The highest BCUT2D eigenvalue weighted by molar-refractivity contribution is 5.95. The number of amides is 2. The molecule has 28 heavy (non-hydrogen) atoms. The topological polar surface area (TPSA) is 65.8 Å². The van der Waals surface area contributed by atoms with Crippen molar-refractivity contribution in [2.75, 3.05) is 32.7 Å². The minimum atomic E-state index is -0.0527. The van der Waals surface area contributed by atoms with Crippen LogP contribution in [0.5, 0.6) is 0 Å². The Morgan fingerprint density at radius 1 is 1.29 bits per heavy atom. The smallest absolute Gasteiger partial charge is 0.257 e. The lowest BCUT2D eigenvalue weighted by Crippen LogP contribution is -2.39. The van der Waals surface area contributed by atoms with Gasteiger partial charge in [-0.3, -0.25) is 9.59 Å². The van der Waals surface area contributed by atoms with Crippen molar-refractivity contribution in [3.8, 4) is 0 Å². The van der Waals surface area contributed by atoms with E-state index in [1.165, 1.54) is 25.8 Å². The third-order valence-corrected chi connectivity index (χ3v) is 5.55. The van der Waals surface area contributed by atoms with Gasteiger partial charge < -0.3 is 19.5 Å². The second-order valence-electron chi connectivity index (χ2n) is 7.95. The average Bonchev–Trinajstić information content (AvgIpc) is 3.01. The first kappa shape index (κ1) is 22.5. The highest BCUT2D eigenvalue weighted by atomic mass is 16.3. The summed E-state index contributed by atoms with van der Waals surface area (Å²) in [7, 11) is 0. The summed E-state index contributed by atoms with van der Waals surface area (Å²) in [5, 5.41) is 3.01. The van der Waals surface area contributed by atoms with E-state index in [1.54, 1.807) is 17.9 Å². The van der Waals surface area contributed by atoms with Gasteiger partial charge in [0, 0.05) is 38.6 Å². The molecule has 0 radical (unpaired) electrons. The molecule has 6 nitrogen and oxygen atoms in total. The molecule has 1 N–H and O–H groups in total. The van der Waals surface area contributed by atoms with Crippen molar-refractivity contribution in [2.24, 2.45) is 0 Å². The fourth-order valence-corrected chi connectivity index (χ4v) is 3.92. The molecule has 2 amide bonds. The molecule has 1 atom stereocenters. The molecule has 158 valence electrons. The number of aryl methyl sites for hydroxylation is 2. The number of carbonyl (C=O) groups is 2. The molecule has 0 bridgehead atoms. The van der Waals surface area contributed by atoms with Crippen molar-refractivity contribution < 1.29 is 14.0 Å². The minimum absolute atomic E-state index is 0.0145.